The third-order valence-corrected chi connectivity index (χ3v) is 3.41. The minimum absolute atomic E-state index is 0.371. The number of halogens is 1. The van der Waals surface area contributed by atoms with Crippen molar-refractivity contribution in [1.29, 1.82) is 10.5 Å². The zero-order valence-corrected chi connectivity index (χ0v) is 11.5. The summed E-state index contributed by atoms with van der Waals surface area (Å²) in [6, 6.07) is 7.89. The molecule has 0 saturated heterocycles. The third-order valence-electron chi connectivity index (χ3n) is 2.99. The van der Waals surface area contributed by atoms with Crippen molar-refractivity contribution < 1.29 is 4.42 Å². The number of rotatable bonds is 1. The monoisotopic (exact) mass is 303 g/mol. The van der Waals surface area contributed by atoms with Crippen LogP contribution in [0.15, 0.2) is 37.5 Å². The molecule has 1 aliphatic rings. The predicted molar refractivity (Wildman–Crippen MR) is 69.7 cm³/mol. The number of furan rings is 1. The number of nitrogens with zero attached hydrogens (tertiary/aromatic N) is 3. The minimum atomic E-state index is -0.457. The summed E-state index contributed by atoms with van der Waals surface area (Å²) < 4.78 is 6.10. The van der Waals surface area contributed by atoms with E-state index in [4.69, 9.17) is 4.42 Å². The highest BCUT2D eigenvalue weighted by Crippen LogP contribution is 2.39. The van der Waals surface area contributed by atoms with Crippen LogP contribution >= 0.6 is 15.9 Å². The van der Waals surface area contributed by atoms with Gasteiger partial charge in [-0.2, -0.15) is 10.5 Å². The van der Waals surface area contributed by atoms with Crippen LogP contribution in [0.1, 0.15) is 25.5 Å². The lowest BCUT2D eigenvalue weighted by Crippen LogP contribution is -2.24. The fourth-order valence-corrected chi connectivity index (χ4v) is 2.47. The first-order valence-electron chi connectivity index (χ1n) is 5.39. The Labute approximate surface area is 113 Å². The summed E-state index contributed by atoms with van der Waals surface area (Å²) >= 11 is 3.23. The van der Waals surface area contributed by atoms with Gasteiger partial charge in [0.1, 0.15) is 5.76 Å². The van der Waals surface area contributed by atoms with Crippen molar-refractivity contribution in [3.8, 4) is 12.1 Å². The van der Waals surface area contributed by atoms with Gasteiger partial charge in [-0.3, -0.25) is 4.99 Å². The predicted octanol–water partition coefficient (Wildman–Crippen LogP) is 3.54. The average Bonchev–Trinajstić information content (AvgIpc) is 2.74. The maximum Gasteiger partial charge on any atom is 0.169 e. The van der Waals surface area contributed by atoms with Crippen LogP contribution in [0.3, 0.4) is 0 Å². The number of allylic oxidation sites excluding steroid dienone is 2. The Bertz CT molecular complexity index is 627. The van der Waals surface area contributed by atoms with E-state index >= 15 is 0 Å². The van der Waals surface area contributed by atoms with Crippen LogP contribution in [0.5, 0.6) is 0 Å². The van der Waals surface area contributed by atoms with Gasteiger partial charge >= 0.3 is 0 Å². The summed E-state index contributed by atoms with van der Waals surface area (Å²) in [5.41, 5.74) is 1.86. The van der Waals surface area contributed by atoms with Gasteiger partial charge in [0, 0.05) is 5.71 Å². The van der Waals surface area contributed by atoms with E-state index in [-0.39, 0.29) is 5.92 Å². The summed E-state index contributed by atoms with van der Waals surface area (Å²) in [7, 11) is 0. The highest BCUT2D eigenvalue weighted by atomic mass is 79.9. The zero-order valence-electron chi connectivity index (χ0n) is 9.94. The van der Waals surface area contributed by atoms with E-state index in [2.05, 4.69) is 33.1 Å². The van der Waals surface area contributed by atoms with Crippen molar-refractivity contribution in [2.24, 2.45) is 10.9 Å². The average molecular weight is 304 g/mol. The molecule has 0 aromatic carbocycles. The topological polar surface area (TPSA) is 73.1 Å². The Morgan fingerprint density at radius 3 is 2.56 bits per heavy atom. The molecule has 4 nitrogen and oxygen atoms in total. The molecule has 0 fully saturated rings. The van der Waals surface area contributed by atoms with E-state index in [0.29, 0.717) is 27.4 Å². The van der Waals surface area contributed by atoms with Gasteiger partial charge in [0.05, 0.1) is 35.2 Å². The molecule has 0 amide bonds. The summed E-state index contributed by atoms with van der Waals surface area (Å²) in [5.74, 6) is -0.219. The second-order valence-corrected chi connectivity index (χ2v) is 4.87. The minimum Gasteiger partial charge on any atom is -0.454 e. The normalized spacial score (nSPS) is 23.3. The standard InChI is InChI=1S/C13H10BrN3O/c1-7-9(5-15)13(10(6-16)8(2)17-7)11-3-4-12(14)18-11/h3-4,9,13H,1-2H3. The van der Waals surface area contributed by atoms with E-state index in [1.807, 2.05) is 0 Å². The molecule has 18 heavy (non-hydrogen) atoms. The van der Waals surface area contributed by atoms with Crippen LogP contribution in [0.4, 0.5) is 0 Å². The molecule has 0 N–H and O–H groups in total. The molecule has 2 unspecified atom stereocenters. The molecule has 2 heterocycles. The molecule has 0 spiro atoms. The molecule has 0 bridgehead atoms. The molecule has 0 saturated carbocycles. The summed E-state index contributed by atoms with van der Waals surface area (Å²) in [4.78, 5) is 4.27. The second-order valence-electron chi connectivity index (χ2n) is 4.09. The van der Waals surface area contributed by atoms with Crippen molar-refractivity contribution in [2.45, 2.75) is 19.8 Å². The van der Waals surface area contributed by atoms with Crippen LogP contribution in [0, 0.1) is 28.6 Å². The molecule has 0 aliphatic carbocycles. The fraction of sp³-hybridized carbons (Fsp3) is 0.308. The Hall–Kier alpha value is -1.85. The van der Waals surface area contributed by atoms with Crippen LogP contribution in [0.2, 0.25) is 0 Å². The number of hydrogen-bond acceptors (Lipinski definition) is 4. The van der Waals surface area contributed by atoms with E-state index in [9.17, 15) is 10.5 Å². The fourth-order valence-electron chi connectivity index (χ4n) is 2.15. The molecule has 0 radical (unpaired) electrons. The molecular formula is C13H10BrN3O. The molecule has 1 aromatic rings. The quantitative estimate of drug-likeness (QED) is 0.796. The first kappa shape index (κ1) is 12.6. The molecule has 90 valence electrons. The first-order valence-corrected chi connectivity index (χ1v) is 6.18. The number of aliphatic imine (C=N–C) groups is 1. The zero-order chi connectivity index (χ0) is 13.3. The summed E-state index contributed by atoms with van der Waals surface area (Å²) in [6.07, 6.45) is 0. The van der Waals surface area contributed by atoms with E-state index in [1.165, 1.54) is 0 Å². The van der Waals surface area contributed by atoms with Crippen molar-refractivity contribution in [2.75, 3.05) is 0 Å². The van der Waals surface area contributed by atoms with Crippen LogP contribution < -0.4 is 0 Å². The van der Waals surface area contributed by atoms with Crippen molar-refractivity contribution >= 4 is 21.6 Å². The Kier molecular flexibility index (Phi) is 3.36. The number of nitriles is 2. The molecule has 1 aromatic heterocycles. The highest BCUT2D eigenvalue weighted by Gasteiger charge is 2.35. The molecule has 2 atom stereocenters. The van der Waals surface area contributed by atoms with Crippen molar-refractivity contribution in [1.82, 2.24) is 0 Å². The molecule has 1 aliphatic heterocycles. The SMILES string of the molecule is CC1=NC(C)=C(C#N)C(c2ccc(Br)o2)C1C#N. The van der Waals surface area contributed by atoms with Gasteiger partial charge in [-0.1, -0.05) is 0 Å². The Morgan fingerprint density at radius 2 is 2.06 bits per heavy atom. The van der Waals surface area contributed by atoms with Crippen molar-refractivity contribution in [3.05, 3.63) is 33.8 Å². The van der Waals surface area contributed by atoms with E-state index in [1.54, 1.807) is 26.0 Å². The van der Waals surface area contributed by atoms with Gasteiger partial charge in [-0.15, -0.1) is 0 Å². The van der Waals surface area contributed by atoms with E-state index in [0.717, 1.165) is 0 Å². The lowest BCUT2D eigenvalue weighted by atomic mass is 9.80. The summed E-state index contributed by atoms with van der Waals surface area (Å²) in [6.45, 7) is 3.58. The van der Waals surface area contributed by atoms with Gasteiger partial charge in [-0.05, 0) is 41.9 Å². The Morgan fingerprint density at radius 1 is 1.33 bits per heavy atom. The third kappa shape index (κ3) is 1.98. The Balaban J connectivity index is 2.59. The molecular weight excluding hydrogens is 294 g/mol. The molecule has 5 heteroatoms. The van der Waals surface area contributed by atoms with Gasteiger partial charge in [0.15, 0.2) is 4.67 Å². The van der Waals surface area contributed by atoms with Crippen LogP contribution in [-0.4, -0.2) is 5.71 Å². The van der Waals surface area contributed by atoms with Crippen LogP contribution in [-0.2, 0) is 0 Å². The van der Waals surface area contributed by atoms with Crippen LogP contribution in [0.25, 0.3) is 0 Å². The second kappa shape index (κ2) is 4.80. The molecule has 2 rings (SSSR count). The summed E-state index contributed by atoms with van der Waals surface area (Å²) in [5, 5.41) is 18.5. The van der Waals surface area contributed by atoms with Gasteiger partial charge in [0.25, 0.3) is 0 Å². The largest absolute Gasteiger partial charge is 0.454 e. The van der Waals surface area contributed by atoms with Crippen molar-refractivity contribution in [3.63, 3.8) is 0 Å². The van der Waals surface area contributed by atoms with Gasteiger partial charge in [-0.25, -0.2) is 0 Å². The van der Waals surface area contributed by atoms with Gasteiger partial charge in [0.2, 0.25) is 0 Å². The lowest BCUT2D eigenvalue weighted by Gasteiger charge is -2.24. The highest BCUT2D eigenvalue weighted by molar-refractivity contribution is 9.10. The smallest absolute Gasteiger partial charge is 0.169 e. The number of hydrogen-bond donors (Lipinski definition) is 0. The maximum atomic E-state index is 9.28. The first-order chi connectivity index (χ1) is 8.58. The van der Waals surface area contributed by atoms with E-state index < -0.39 is 5.92 Å². The maximum absolute atomic E-state index is 9.28. The lowest BCUT2D eigenvalue weighted by molar-refractivity contribution is 0.451. The van der Waals surface area contributed by atoms with Gasteiger partial charge < -0.3 is 4.42 Å².